The van der Waals surface area contributed by atoms with Crippen molar-refractivity contribution in [2.24, 2.45) is 11.8 Å². The SMILES string of the molecule is C=C(C)C.C=C(CO)C(=O)OCC(COC=O)Cc1ccc(CCC2OCC(CCCCC)CO2)cc1. The molecule has 0 radical (unpaired) electrons. The number of ether oxygens (including phenoxy) is 4. The quantitative estimate of drug-likeness (QED) is 0.106. The maximum atomic E-state index is 11.7. The van der Waals surface area contributed by atoms with E-state index in [0.29, 0.717) is 18.8 Å². The molecule has 1 aromatic rings. The van der Waals surface area contributed by atoms with Crippen LogP contribution < -0.4 is 0 Å². The van der Waals surface area contributed by atoms with Crippen molar-refractivity contribution in [2.75, 3.05) is 33.0 Å². The number of aryl methyl sites for hydroxylation is 1. The van der Waals surface area contributed by atoms with E-state index in [1.165, 1.54) is 36.8 Å². The third-order valence-corrected chi connectivity index (χ3v) is 5.80. The van der Waals surface area contributed by atoms with E-state index in [9.17, 15) is 9.59 Å². The fraction of sp³-hybridized carbons (Fsp3) is 0.600. The summed E-state index contributed by atoms with van der Waals surface area (Å²) < 4.78 is 21.8. The fourth-order valence-electron chi connectivity index (χ4n) is 3.76. The second-order valence-electron chi connectivity index (χ2n) is 9.88. The van der Waals surface area contributed by atoms with E-state index in [1.807, 2.05) is 26.0 Å². The molecule has 1 fully saturated rings. The van der Waals surface area contributed by atoms with Gasteiger partial charge in [0.2, 0.25) is 0 Å². The summed E-state index contributed by atoms with van der Waals surface area (Å²) in [4.78, 5) is 22.3. The summed E-state index contributed by atoms with van der Waals surface area (Å²) >= 11 is 0. The molecule has 1 aliphatic rings. The molecule has 1 aliphatic heterocycles. The van der Waals surface area contributed by atoms with Gasteiger partial charge in [-0.25, -0.2) is 4.79 Å². The number of hydrogen-bond donors (Lipinski definition) is 1. The highest BCUT2D eigenvalue weighted by Crippen LogP contribution is 2.21. The third-order valence-electron chi connectivity index (χ3n) is 5.80. The maximum absolute atomic E-state index is 11.7. The molecule has 0 saturated carbocycles. The van der Waals surface area contributed by atoms with Crippen molar-refractivity contribution in [2.45, 2.75) is 72.0 Å². The molecule has 1 saturated heterocycles. The van der Waals surface area contributed by atoms with Crippen LogP contribution >= 0.6 is 0 Å². The Kier molecular flexibility index (Phi) is 17.2. The standard InChI is InChI=1S/C26H38O7.C4H8/c1-3-4-5-6-23-16-31-25(32-17-23)12-11-21-7-9-22(10-8-21)13-24(15-30-19-28)18-33-26(29)20(2)14-27;1-4(2)3/h7-10,19,23-25,27H,2-6,11-18H2,1H3;1H2,2-3H3. The molecule has 0 bridgehead atoms. The number of carbonyl (C=O) groups is 2. The molecule has 7 heteroatoms. The molecule has 0 amide bonds. The largest absolute Gasteiger partial charge is 0.467 e. The molecule has 7 nitrogen and oxygen atoms in total. The van der Waals surface area contributed by atoms with E-state index >= 15 is 0 Å². The topological polar surface area (TPSA) is 91.3 Å². The van der Waals surface area contributed by atoms with Crippen LogP contribution in [0.5, 0.6) is 0 Å². The molecule has 0 aromatic heterocycles. The number of allylic oxidation sites excluding steroid dienone is 1. The normalized spacial score (nSPS) is 17.6. The average Bonchev–Trinajstić information content (AvgIpc) is 2.89. The van der Waals surface area contributed by atoms with E-state index in [-0.39, 0.29) is 31.0 Å². The molecule has 37 heavy (non-hydrogen) atoms. The van der Waals surface area contributed by atoms with E-state index < -0.39 is 12.6 Å². The maximum Gasteiger partial charge on any atom is 0.335 e. The number of benzene rings is 1. The molecular formula is C30H46O7. The van der Waals surface area contributed by atoms with Crippen LogP contribution in [0.3, 0.4) is 0 Å². The minimum absolute atomic E-state index is 0.00709. The zero-order chi connectivity index (χ0) is 27.5. The summed E-state index contributed by atoms with van der Waals surface area (Å²) in [5.74, 6) is -0.321. The Morgan fingerprint density at radius 3 is 2.27 bits per heavy atom. The Morgan fingerprint density at radius 1 is 1.08 bits per heavy atom. The minimum atomic E-state index is -0.650. The smallest absolute Gasteiger partial charge is 0.335 e. The molecule has 0 spiro atoms. The Hall–Kier alpha value is -2.48. The van der Waals surface area contributed by atoms with Gasteiger partial charge < -0.3 is 24.1 Å². The van der Waals surface area contributed by atoms with Crippen LogP contribution in [-0.2, 0) is 41.4 Å². The minimum Gasteiger partial charge on any atom is -0.467 e. The van der Waals surface area contributed by atoms with Crippen molar-refractivity contribution in [1.82, 2.24) is 0 Å². The van der Waals surface area contributed by atoms with Crippen molar-refractivity contribution >= 4 is 12.4 Å². The zero-order valence-electron chi connectivity index (χ0n) is 22.9. The first kappa shape index (κ1) is 32.5. The van der Waals surface area contributed by atoms with Crippen molar-refractivity contribution < 1.29 is 33.6 Å². The fourth-order valence-corrected chi connectivity index (χ4v) is 3.76. The molecule has 1 N–H and O–H groups in total. The third kappa shape index (κ3) is 15.4. The van der Waals surface area contributed by atoms with E-state index in [2.05, 4.69) is 32.2 Å². The summed E-state index contributed by atoms with van der Waals surface area (Å²) in [6.45, 7) is 14.9. The molecule has 1 atom stereocenters. The van der Waals surface area contributed by atoms with Crippen molar-refractivity contribution in [3.8, 4) is 0 Å². The Balaban J connectivity index is 0.00000159. The summed E-state index contributed by atoms with van der Waals surface area (Å²) in [6, 6.07) is 8.21. The molecule has 2 rings (SSSR count). The number of aliphatic hydroxyl groups excluding tert-OH is 1. The Morgan fingerprint density at radius 2 is 1.70 bits per heavy atom. The number of esters is 1. The van der Waals surface area contributed by atoms with Gasteiger partial charge in [0.1, 0.15) is 0 Å². The van der Waals surface area contributed by atoms with Gasteiger partial charge in [0.25, 0.3) is 6.47 Å². The van der Waals surface area contributed by atoms with Gasteiger partial charge in [-0.2, -0.15) is 0 Å². The van der Waals surface area contributed by atoms with E-state index in [0.717, 1.165) is 31.6 Å². The predicted octanol–water partition coefficient (Wildman–Crippen LogP) is 5.19. The lowest BCUT2D eigenvalue weighted by atomic mass is 9.98. The first-order valence-corrected chi connectivity index (χ1v) is 13.2. The molecule has 1 unspecified atom stereocenters. The highest BCUT2D eigenvalue weighted by atomic mass is 16.7. The van der Waals surface area contributed by atoms with Gasteiger partial charge in [-0.15, -0.1) is 6.58 Å². The zero-order valence-corrected chi connectivity index (χ0v) is 22.9. The lowest BCUT2D eigenvalue weighted by Gasteiger charge is -2.29. The van der Waals surface area contributed by atoms with Crippen LogP contribution in [0.1, 0.15) is 64.0 Å². The van der Waals surface area contributed by atoms with Gasteiger partial charge in [0.05, 0.1) is 38.6 Å². The van der Waals surface area contributed by atoms with E-state index in [1.54, 1.807) is 0 Å². The Labute approximate surface area is 222 Å². The first-order valence-electron chi connectivity index (χ1n) is 13.2. The number of aliphatic hydroxyl groups is 1. The second kappa shape index (κ2) is 19.6. The van der Waals surface area contributed by atoms with Crippen molar-refractivity contribution in [3.05, 3.63) is 59.7 Å². The monoisotopic (exact) mass is 518 g/mol. The summed E-state index contributed by atoms with van der Waals surface area (Å²) in [5, 5.41) is 8.96. The van der Waals surface area contributed by atoms with Gasteiger partial charge in [-0.1, -0.05) is 62.6 Å². The van der Waals surface area contributed by atoms with E-state index in [4.69, 9.17) is 24.1 Å². The molecular weight excluding hydrogens is 472 g/mol. The highest BCUT2D eigenvalue weighted by molar-refractivity contribution is 5.87. The van der Waals surface area contributed by atoms with Crippen LogP contribution in [0, 0.1) is 11.8 Å². The van der Waals surface area contributed by atoms with Gasteiger partial charge in [-0.3, -0.25) is 4.79 Å². The number of carbonyl (C=O) groups excluding carboxylic acids is 2. The van der Waals surface area contributed by atoms with Crippen LogP contribution in [0.4, 0.5) is 0 Å². The van der Waals surface area contributed by atoms with Gasteiger partial charge in [-0.05, 0) is 44.2 Å². The molecule has 1 aromatic carbocycles. The number of rotatable bonds is 16. The molecule has 208 valence electrons. The summed E-state index contributed by atoms with van der Waals surface area (Å²) in [6.07, 6.45) is 7.06. The summed E-state index contributed by atoms with van der Waals surface area (Å²) in [5.41, 5.74) is 3.41. The average molecular weight is 519 g/mol. The summed E-state index contributed by atoms with van der Waals surface area (Å²) in [7, 11) is 0. The second-order valence-corrected chi connectivity index (χ2v) is 9.88. The number of hydrogen-bond acceptors (Lipinski definition) is 7. The van der Waals surface area contributed by atoms with Crippen LogP contribution in [-0.4, -0.2) is 56.9 Å². The van der Waals surface area contributed by atoms with Crippen LogP contribution in [0.15, 0.2) is 48.6 Å². The van der Waals surface area contributed by atoms with Crippen LogP contribution in [0.25, 0.3) is 0 Å². The molecule has 0 aliphatic carbocycles. The van der Waals surface area contributed by atoms with Gasteiger partial charge >= 0.3 is 5.97 Å². The van der Waals surface area contributed by atoms with Crippen molar-refractivity contribution in [3.63, 3.8) is 0 Å². The van der Waals surface area contributed by atoms with Crippen LogP contribution in [0.2, 0.25) is 0 Å². The van der Waals surface area contributed by atoms with Gasteiger partial charge in [0.15, 0.2) is 6.29 Å². The highest BCUT2D eigenvalue weighted by Gasteiger charge is 2.21. The van der Waals surface area contributed by atoms with Crippen molar-refractivity contribution in [1.29, 1.82) is 0 Å². The lowest BCUT2D eigenvalue weighted by molar-refractivity contribution is -0.203. The number of unbranched alkanes of at least 4 members (excludes halogenated alkanes) is 2. The first-order chi connectivity index (χ1) is 17.8. The Bertz CT molecular complexity index is 791. The predicted molar refractivity (Wildman–Crippen MR) is 145 cm³/mol. The van der Waals surface area contributed by atoms with Gasteiger partial charge in [0, 0.05) is 18.3 Å². The molecule has 1 heterocycles. The lowest BCUT2D eigenvalue weighted by Crippen LogP contribution is -2.32.